The molecule has 0 unspecified atom stereocenters. The minimum atomic E-state index is 0.0643. The summed E-state index contributed by atoms with van der Waals surface area (Å²) in [7, 11) is 0. The molecule has 0 bridgehead atoms. The molecule has 0 saturated carbocycles. The van der Waals surface area contributed by atoms with Crippen LogP contribution in [0.25, 0.3) is 0 Å². The van der Waals surface area contributed by atoms with Crippen molar-refractivity contribution in [1.82, 2.24) is 14.9 Å². The predicted molar refractivity (Wildman–Crippen MR) is 80.5 cm³/mol. The van der Waals surface area contributed by atoms with E-state index < -0.39 is 0 Å². The molecule has 1 aromatic rings. The summed E-state index contributed by atoms with van der Waals surface area (Å²) >= 11 is 1.51. The van der Waals surface area contributed by atoms with Crippen LogP contribution in [0.2, 0.25) is 0 Å². The standard InChI is InChI=1S/C14H25N3OS/c1-9(2)7-17-12(6)11(5)16-14(17)19-8-13(18)15-10(3)4/h9-10H,7-8H2,1-6H3,(H,15,18). The van der Waals surface area contributed by atoms with E-state index in [0.29, 0.717) is 11.7 Å². The maximum Gasteiger partial charge on any atom is 0.230 e. The number of amides is 1. The Balaban J connectivity index is 2.72. The van der Waals surface area contributed by atoms with Crippen molar-refractivity contribution in [2.75, 3.05) is 5.75 Å². The Labute approximate surface area is 120 Å². The molecule has 0 fully saturated rings. The second kappa shape index (κ2) is 6.98. The summed E-state index contributed by atoms with van der Waals surface area (Å²) in [4.78, 5) is 16.2. The lowest BCUT2D eigenvalue weighted by atomic mass is 10.2. The molecular weight excluding hydrogens is 258 g/mol. The lowest BCUT2D eigenvalue weighted by molar-refractivity contribution is -0.119. The molecule has 0 spiro atoms. The van der Waals surface area contributed by atoms with E-state index in [1.165, 1.54) is 17.5 Å². The first-order chi connectivity index (χ1) is 8.81. The zero-order chi connectivity index (χ0) is 14.6. The van der Waals surface area contributed by atoms with Crippen LogP contribution in [-0.2, 0) is 11.3 Å². The van der Waals surface area contributed by atoms with Gasteiger partial charge in [-0.25, -0.2) is 4.98 Å². The van der Waals surface area contributed by atoms with Gasteiger partial charge in [-0.2, -0.15) is 0 Å². The largest absolute Gasteiger partial charge is 0.353 e. The van der Waals surface area contributed by atoms with E-state index in [9.17, 15) is 4.79 Å². The molecule has 1 heterocycles. The van der Waals surface area contributed by atoms with E-state index in [1.54, 1.807) is 0 Å². The van der Waals surface area contributed by atoms with Crippen LogP contribution < -0.4 is 5.32 Å². The van der Waals surface area contributed by atoms with Gasteiger partial charge in [-0.05, 0) is 33.6 Å². The third kappa shape index (κ3) is 4.90. The van der Waals surface area contributed by atoms with Gasteiger partial charge in [0.1, 0.15) is 0 Å². The number of aryl methyl sites for hydroxylation is 1. The average molecular weight is 283 g/mol. The Morgan fingerprint density at radius 2 is 1.95 bits per heavy atom. The van der Waals surface area contributed by atoms with Gasteiger partial charge in [0.05, 0.1) is 11.4 Å². The smallest absolute Gasteiger partial charge is 0.230 e. The van der Waals surface area contributed by atoms with Gasteiger partial charge in [0.25, 0.3) is 0 Å². The highest BCUT2D eigenvalue weighted by atomic mass is 32.2. The third-order valence-electron chi connectivity index (χ3n) is 2.75. The van der Waals surface area contributed by atoms with E-state index in [2.05, 4.69) is 35.6 Å². The summed E-state index contributed by atoms with van der Waals surface area (Å²) in [5.74, 6) is 1.05. The molecule has 108 valence electrons. The Kier molecular flexibility index (Phi) is 5.91. The van der Waals surface area contributed by atoms with E-state index in [-0.39, 0.29) is 11.9 Å². The van der Waals surface area contributed by atoms with Crippen molar-refractivity contribution < 1.29 is 4.79 Å². The first-order valence-electron chi connectivity index (χ1n) is 6.77. The number of nitrogens with one attached hydrogen (secondary N) is 1. The predicted octanol–water partition coefficient (Wildman–Crippen LogP) is 2.77. The van der Waals surface area contributed by atoms with Crippen molar-refractivity contribution in [3.63, 3.8) is 0 Å². The minimum Gasteiger partial charge on any atom is -0.353 e. The molecule has 5 heteroatoms. The van der Waals surface area contributed by atoms with Gasteiger partial charge in [-0.3, -0.25) is 4.79 Å². The van der Waals surface area contributed by atoms with Crippen molar-refractivity contribution in [1.29, 1.82) is 0 Å². The number of hydrogen-bond donors (Lipinski definition) is 1. The molecule has 1 aromatic heterocycles. The van der Waals surface area contributed by atoms with Gasteiger partial charge in [-0.15, -0.1) is 0 Å². The first kappa shape index (κ1) is 16.1. The topological polar surface area (TPSA) is 46.9 Å². The van der Waals surface area contributed by atoms with E-state index in [4.69, 9.17) is 0 Å². The molecule has 4 nitrogen and oxygen atoms in total. The lowest BCUT2D eigenvalue weighted by Crippen LogP contribution is -2.31. The van der Waals surface area contributed by atoms with Crippen LogP contribution in [0.4, 0.5) is 0 Å². The zero-order valence-electron chi connectivity index (χ0n) is 12.8. The highest BCUT2D eigenvalue weighted by molar-refractivity contribution is 7.99. The van der Waals surface area contributed by atoms with Gasteiger partial charge in [-0.1, -0.05) is 25.6 Å². The van der Waals surface area contributed by atoms with Crippen molar-refractivity contribution in [2.24, 2.45) is 5.92 Å². The van der Waals surface area contributed by atoms with Crippen molar-refractivity contribution in [2.45, 2.75) is 59.3 Å². The number of rotatable bonds is 6. The molecule has 0 aromatic carbocycles. The Morgan fingerprint density at radius 3 is 2.47 bits per heavy atom. The summed E-state index contributed by atoms with van der Waals surface area (Å²) in [5, 5.41) is 3.84. The average Bonchev–Trinajstić information content (AvgIpc) is 2.53. The van der Waals surface area contributed by atoms with E-state index >= 15 is 0 Å². The van der Waals surface area contributed by atoms with Crippen LogP contribution in [0, 0.1) is 19.8 Å². The van der Waals surface area contributed by atoms with Crippen molar-refractivity contribution >= 4 is 17.7 Å². The Bertz CT molecular complexity index is 438. The van der Waals surface area contributed by atoms with Gasteiger partial charge in [0.15, 0.2) is 5.16 Å². The summed E-state index contributed by atoms with van der Waals surface area (Å²) in [6, 6.07) is 0.187. The zero-order valence-corrected chi connectivity index (χ0v) is 13.6. The second-order valence-corrected chi connectivity index (χ2v) is 6.52. The molecule has 0 radical (unpaired) electrons. The van der Waals surface area contributed by atoms with Crippen LogP contribution in [0.3, 0.4) is 0 Å². The number of carbonyl (C=O) groups is 1. The monoisotopic (exact) mass is 283 g/mol. The molecular formula is C14H25N3OS. The van der Waals surface area contributed by atoms with Crippen LogP contribution in [0.1, 0.15) is 39.1 Å². The molecule has 1 rings (SSSR count). The van der Waals surface area contributed by atoms with Crippen molar-refractivity contribution in [3.05, 3.63) is 11.4 Å². The molecule has 0 saturated heterocycles. The van der Waals surface area contributed by atoms with Crippen LogP contribution >= 0.6 is 11.8 Å². The minimum absolute atomic E-state index is 0.0643. The summed E-state index contributed by atoms with van der Waals surface area (Å²) in [5.41, 5.74) is 2.24. The number of carbonyl (C=O) groups excluding carboxylic acids is 1. The molecule has 0 aliphatic rings. The first-order valence-corrected chi connectivity index (χ1v) is 7.75. The molecule has 1 N–H and O–H groups in total. The van der Waals surface area contributed by atoms with Gasteiger partial charge >= 0.3 is 0 Å². The van der Waals surface area contributed by atoms with E-state index in [1.807, 2.05) is 20.8 Å². The lowest BCUT2D eigenvalue weighted by Gasteiger charge is -2.12. The fourth-order valence-electron chi connectivity index (χ4n) is 1.81. The molecule has 0 aliphatic heterocycles. The Hall–Kier alpha value is -0.970. The molecule has 0 aliphatic carbocycles. The van der Waals surface area contributed by atoms with Gasteiger partial charge < -0.3 is 9.88 Å². The number of aromatic nitrogens is 2. The van der Waals surface area contributed by atoms with Crippen LogP contribution in [0.5, 0.6) is 0 Å². The summed E-state index contributed by atoms with van der Waals surface area (Å²) < 4.78 is 2.22. The summed E-state index contributed by atoms with van der Waals surface area (Å²) in [6.07, 6.45) is 0. The van der Waals surface area contributed by atoms with Crippen molar-refractivity contribution in [3.8, 4) is 0 Å². The summed E-state index contributed by atoms with van der Waals surface area (Å²) in [6.45, 7) is 13.4. The fraction of sp³-hybridized carbons (Fsp3) is 0.714. The highest BCUT2D eigenvalue weighted by Crippen LogP contribution is 2.22. The van der Waals surface area contributed by atoms with Crippen LogP contribution in [0.15, 0.2) is 5.16 Å². The maximum atomic E-state index is 11.7. The fourth-order valence-corrected chi connectivity index (χ4v) is 2.72. The maximum absolute atomic E-state index is 11.7. The quantitative estimate of drug-likeness (QED) is 0.817. The van der Waals surface area contributed by atoms with Crippen LogP contribution in [-0.4, -0.2) is 27.3 Å². The number of nitrogens with zero attached hydrogens (tertiary/aromatic N) is 2. The van der Waals surface area contributed by atoms with Gasteiger partial charge in [0.2, 0.25) is 5.91 Å². The van der Waals surface area contributed by atoms with E-state index in [0.717, 1.165) is 17.4 Å². The Morgan fingerprint density at radius 1 is 1.32 bits per heavy atom. The molecule has 19 heavy (non-hydrogen) atoms. The number of imidazole rings is 1. The normalized spacial score (nSPS) is 11.4. The highest BCUT2D eigenvalue weighted by Gasteiger charge is 2.14. The SMILES string of the molecule is Cc1nc(SCC(=O)NC(C)C)n(CC(C)C)c1C. The third-order valence-corrected chi connectivity index (χ3v) is 3.73. The second-order valence-electron chi connectivity index (χ2n) is 5.58. The van der Waals surface area contributed by atoms with Gasteiger partial charge in [0, 0.05) is 18.3 Å². The number of hydrogen-bond acceptors (Lipinski definition) is 3. The molecule has 0 atom stereocenters. The number of thioether (sulfide) groups is 1. The molecule has 1 amide bonds.